The lowest BCUT2D eigenvalue weighted by Crippen LogP contribution is -1.99. The minimum atomic E-state index is -0.516. The molecule has 0 aliphatic carbocycles. The fraction of sp³-hybridized carbons (Fsp3) is 0.364. The first-order valence-electron chi connectivity index (χ1n) is 5.01. The summed E-state index contributed by atoms with van der Waals surface area (Å²) < 4.78 is 6.76. The Labute approximate surface area is 88.1 Å². The zero-order valence-electron chi connectivity index (χ0n) is 8.63. The van der Waals surface area contributed by atoms with Crippen molar-refractivity contribution < 1.29 is 9.52 Å². The van der Waals surface area contributed by atoms with E-state index in [1.54, 1.807) is 24.8 Å². The van der Waals surface area contributed by atoms with Crippen LogP contribution in [0.2, 0.25) is 0 Å². The van der Waals surface area contributed by atoms with Gasteiger partial charge in [-0.25, -0.2) is 0 Å². The molecule has 2 heterocycles. The second-order valence-electron chi connectivity index (χ2n) is 3.48. The predicted molar refractivity (Wildman–Crippen MR) is 55.3 cm³/mol. The Hall–Kier alpha value is -1.55. The van der Waals surface area contributed by atoms with Gasteiger partial charge in [0.05, 0.1) is 24.8 Å². The highest BCUT2D eigenvalue weighted by Crippen LogP contribution is 2.17. The molecular weight excluding hydrogens is 192 g/mol. The molecule has 0 fully saturated rings. The van der Waals surface area contributed by atoms with E-state index in [9.17, 15) is 5.11 Å². The molecule has 0 radical (unpaired) electrons. The lowest BCUT2D eigenvalue weighted by Gasteiger charge is -2.05. The first-order chi connectivity index (χ1) is 7.29. The molecule has 0 aromatic carbocycles. The number of aliphatic hydroxyl groups excluding tert-OH is 1. The number of aliphatic hydroxyl groups is 1. The lowest BCUT2D eigenvalue weighted by molar-refractivity contribution is 0.177. The van der Waals surface area contributed by atoms with E-state index in [4.69, 9.17) is 4.42 Å². The van der Waals surface area contributed by atoms with Gasteiger partial charge < -0.3 is 9.52 Å². The third kappa shape index (κ3) is 2.27. The number of hydrogen-bond donors (Lipinski definition) is 1. The second-order valence-corrected chi connectivity index (χ2v) is 3.48. The van der Waals surface area contributed by atoms with Crippen molar-refractivity contribution >= 4 is 0 Å². The van der Waals surface area contributed by atoms with E-state index >= 15 is 0 Å². The zero-order valence-corrected chi connectivity index (χ0v) is 8.63. The summed E-state index contributed by atoms with van der Waals surface area (Å²) in [6.45, 7) is 2.88. The molecule has 1 N–H and O–H groups in total. The van der Waals surface area contributed by atoms with Gasteiger partial charge in [0, 0.05) is 24.7 Å². The number of nitrogens with zero attached hydrogens (tertiary/aromatic N) is 2. The van der Waals surface area contributed by atoms with Crippen LogP contribution >= 0.6 is 0 Å². The van der Waals surface area contributed by atoms with Crippen molar-refractivity contribution in [3.8, 4) is 0 Å². The molecule has 0 spiro atoms. The molecule has 80 valence electrons. The monoisotopic (exact) mass is 206 g/mol. The fourth-order valence-corrected chi connectivity index (χ4v) is 1.49. The first-order valence-corrected chi connectivity index (χ1v) is 5.01. The van der Waals surface area contributed by atoms with Crippen LogP contribution in [0.15, 0.2) is 35.4 Å². The van der Waals surface area contributed by atoms with Crippen LogP contribution < -0.4 is 0 Å². The third-order valence-electron chi connectivity index (χ3n) is 2.37. The van der Waals surface area contributed by atoms with Gasteiger partial charge in [-0.05, 0) is 18.6 Å². The van der Waals surface area contributed by atoms with Gasteiger partial charge in [0.25, 0.3) is 0 Å². The van der Waals surface area contributed by atoms with Crippen LogP contribution in [0, 0.1) is 0 Å². The molecule has 0 amide bonds. The van der Waals surface area contributed by atoms with Crippen LogP contribution in [-0.4, -0.2) is 14.9 Å². The highest BCUT2D eigenvalue weighted by molar-refractivity contribution is 5.14. The number of rotatable bonds is 4. The van der Waals surface area contributed by atoms with Gasteiger partial charge in [-0.2, -0.15) is 5.10 Å². The van der Waals surface area contributed by atoms with Crippen molar-refractivity contribution in [3.63, 3.8) is 0 Å². The maximum atomic E-state index is 9.85. The molecule has 0 bridgehead atoms. The molecule has 4 nitrogen and oxygen atoms in total. The molecule has 0 aliphatic rings. The van der Waals surface area contributed by atoms with Gasteiger partial charge in [-0.15, -0.1) is 0 Å². The average Bonchev–Trinajstić information content (AvgIpc) is 2.87. The molecule has 0 saturated heterocycles. The predicted octanol–water partition coefficient (Wildman–Crippen LogP) is 1.77. The van der Waals surface area contributed by atoms with Crippen molar-refractivity contribution in [1.29, 1.82) is 0 Å². The average molecular weight is 206 g/mol. The highest BCUT2D eigenvalue weighted by atomic mass is 16.3. The summed E-state index contributed by atoms with van der Waals surface area (Å²) in [6.07, 6.45) is 6.91. The van der Waals surface area contributed by atoms with Gasteiger partial charge in [0.15, 0.2) is 0 Å². The van der Waals surface area contributed by atoms with E-state index in [-0.39, 0.29) is 0 Å². The van der Waals surface area contributed by atoms with Crippen LogP contribution in [0.1, 0.15) is 24.2 Å². The molecule has 2 aromatic rings. The normalized spacial score (nSPS) is 12.9. The van der Waals surface area contributed by atoms with Gasteiger partial charge in [0.2, 0.25) is 0 Å². The summed E-state index contributed by atoms with van der Waals surface area (Å²) >= 11 is 0. The van der Waals surface area contributed by atoms with E-state index in [1.165, 1.54) is 0 Å². The molecule has 4 heteroatoms. The van der Waals surface area contributed by atoms with Gasteiger partial charge in [-0.3, -0.25) is 4.68 Å². The lowest BCUT2D eigenvalue weighted by atomic mass is 10.1. The summed E-state index contributed by atoms with van der Waals surface area (Å²) in [5, 5.41) is 14.0. The third-order valence-corrected chi connectivity index (χ3v) is 2.37. The topological polar surface area (TPSA) is 51.2 Å². The van der Waals surface area contributed by atoms with Crippen molar-refractivity contribution in [2.24, 2.45) is 0 Å². The zero-order chi connectivity index (χ0) is 10.7. The Morgan fingerprint density at radius 2 is 2.47 bits per heavy atom. The van der Waals surface area contributed by atoms with Gasteiger partial charge in [-0.1, -0.05) is 0 Å². The van der Waals surface area contributed by atoms with Crippen molar-refractivity contribution in [1.82, 2.24) is 9.78 Å². The smallest absolute Gasteiger partial charge is 0.0960 e. The SMILES string of the molecule is CCn1cc(CC(O)c2ccoc2)cn1. The largest absolute Gasteiger partial charge is 0.472 e. The summed E-state index contributed by atoms with van der Waals surface area (Å²) in [7, 11) is 0. The van der Waals surface area contributed by atoms with Crippen molar-refractivity contribution in [2.45, 2.75) is 26.0 Å². The van der Waals surface area contributed by atoms with E-state index in [1.807, 2.05) is 17.8 Å². The number of hydrogen-bond acceptors (Lipinski definition) is 3. The van der Waals surface area contributed by atoms with E-state index in [0.717, 1.165) is 17.7 Å². The van der Waals surface area contributed by atoms with Gasteiger partial charge >= 0.3 is 0 Å². The highest BCUT2D eigenvalue weighted by Gasteiger charge is 2.10. The van der Waals surface area contributed by atoms with Crippen LogP contribution in [0.25, 0.3) is 0 Å². The van der Waals surface area contributed by atoms with E-state index in [2.05, 4.69) is 5.10 Å². The summed E-state index contributed by atoms with van der Waals surface area (Å²) in [5.74, 6) is 0. The Balaban J connectivity index is 2.02. The molecule has 1 atom stereocenters. The molecule has 0 saturated carbocycles. The van der Waals surface area contributed by atoms with Crippen molar-refractivity contribution in [3.05, 3.63) is 42.1 Å². The number of aryl methyl sites for hydroxylation is 1. The Bertz CT molecular complexity index is 406. The summed E-state index contributed by atoms with van der Waals surface area (Å²) in [4.78, 5) is 0. The summed E-state index contributed by atoms with van der Waals surface area (Å²) in [5.41, 5.74) is 1.84. The standard InChI is InChI=1S/C11H14N2O2/c1-2-13-7-9(6-12-13)5-11(14)10-3-4-15-8-10/h3-4,6-8,11,14H,2,5H2,1H3. The van der Waals surface area contributed by atoms with Crippen molar-refractivity contribution in [2.75, 3.05) is 0 Å². The molecular formula is C11H14N2O2. The van der Waals surface area contributed by atoms with E-state index in [0.29, 0.717) is 6.42 Å². The minimum Gasteiger partial charge on any atom is -0.472 e. The quantitative estimate of drug-likeness (QED) is 0.829. The molecule has 2 rings (SSSR count). The van der Waals surface area contributed by atoms with Crippen LogP contribution in [-0.2, 0) is 13.0 Å². The fourth-order valence-electron chi connectivity index (χ4n) is 1.49. The maximum absolute atomic E-state index is 9.85. The molecule has 2 aromatic heterocycles. The second kappa shape index (κ2) is 4.31. The molecule has 1 unspecified atom stereocenters. The van der Waals surface area contributed by atoms with Crippen LogP contribution in [0.4, 0.5) is 0 Å². The minimum absolute atomic E-state index is 0.516. The molecule has 15 heavy (non-hydrogen) atoms. The van der Waals surface area contributed by atoms with Gasteiger partial charge in [0.1, 0.15) is 0 Å². The molecule has 0 aliphatic heterocycles. The van der Waals surface area contributed by atoms with Crippen LogP contribution in [0.5, 0.6) is 0 Å². The first kappa shape index (κ1) is 9.98. The number of furan rings is 1. The van der Waals surface area contributed by atoms with Crippen LogP contribution in [0.3, 0.4) is 0 Å². The number of aromatic nitrogens is 2. The Morgan fingerprint density at radius 1 is 1.60 bits per heavy atom. The van der Waals surface area contributed by atoms with E-state index < -0.39 is 6.10 Å². The Kier molecular flexibility index (Phi) is 2.87. The maximum Gasteiger partial charge on any atom is 0.0960 e. The Morgan fingerprint density at radius 3 is 3.07 bits per heavy atom. The summed E-state index contributed by atoms with van der Waals surface area (Å²) in [6, 6.07) is 1.77.